The lowest BCUT2D eigenvalue weighted by molar-refractivity contribution is 0.0929. The number of rotatable bonds is 2. The Labute approximate surface area is 89.0 Å². The average Bonchev–Trinajstić information content (AvgIpc) is 2.66. The minimum atomic E-state index is -0.0325. The van der Waals surface area contributed by atoms with Gasteiger partial charge in [-0.3, -0.25) is 4.79 Å². The van der Waals surface area contributed by atoms with Crippen molar-refractivity contribution in [2.75, 3.05) is 13.1 Å². The summed E-state index contributed by atoms with van der Waals surface area (Å²) in [5, 5.41) is 6.26. The number of hydrogen-bond donors (Lipinski definition) is 2. The molecule has 0 unspecified atom stereocenters. The number of carbonyl (C=O) groups is 1. The lowest BCUT2D eigenvalue weighted by atomic mass is 10.1. The average molecular weight is 208 g/mol. The molecule has 1 atom stereocenters. The summed E-state index contributed by atoms with van der Waals surface area (Å²) < 4.78 is 5.10. The van der Waals surface area contributed by atoms with Gasteiger partial charge < -0.3 is 15.1 Å². The Kier molecular flexibility index (Phi) is 3.06. The molecule has 1 aliphatic heterocycles. The van der Waals surface area contributed by atoms with Crippen molar-refractivity contribution in [3.05, 3.63) is 23.7 Å². The predicted molar refractivity (Wildman–Crippen MR) is 56.8 cm³/mol. The summed E-state index contributed by atoms with van der Waals surface area (Å²) in [6, 6.07) is 1.96. The van der Waals surface area contributed by atoms with Crippen molar-refractivity contribution < 1.29 is 9.21 Å². The molecule has 15 heavy (non-hydrogen) atoms. The first-order valence-corrected chi connectivity index (χ1v) is 5.33. The minimum absolute atomic E-state index is 0.0325. The van der Waals surface area contributed by atoms with E-state index in [1.165, 1.54) is 0 Å². The van der Waals surface area contributed by atoms with E-state index in [1.807, 2.05) is 0 Å². The fraction of sp³-hybridized carbons (Fsp3) is 0.545. The summed E-state index contributed by atoms with van der Waals surface area (Å²) in [6.07, 6.45) is 3.72. The molecule has 1 aliphatic rings. The molecule has 0 aliphatic carbocycles. The zero-order valence-corrected chi connectivity index (χ0v) is 8.88. The molecule has 1 aromatic rings. The molecular formula is C11H16N2O2. The molecule has 2 heterocycles. The van der Waals surface area contributed by atoms with Gasteiger partial charge in [0.15, 0.2) is 0 Å². The SMILES string of the molecule is Cc1occc1C(=O)N[C@@H]1CCCNC1. The van der Waals surface area contributed by atoms with Gasteiger partial charge >= 0.3 is 0 Å². The molecule has 0 radical (unpaired) electrons. The van der Waals surface area contributed by atoms with Gasteiger partial charge in [0, 0.05) is 12.6 Å². The highest BCUT2D eigenvalue weighted by molar-refractivity contribution is 5.95. The van der Waals surface area contributed by atoms with Crippen LogP contribution in [-0.4, -0.2) is 25.0 Å². The number of piperidine rings is 1. The van der Waals surface area contributed by atoms with E-state index in [0.717, 1.165) is 25.9 Å². The second kappa shape index (κ2) is 4.49. The van der Waals surface area contributed by atoms with Crippen LogP contribution in [0.1, 0.15) is 29.0 Å². The zero-order chi connectivity index (χ0) is 10.7. The zero-order valence-electron chi connectivity index (χ0n) is 8.88. The standard InChI is InChI=1S/C11H16N2O2/c1-8-10(4-6-15-8)11(14)13-9-3-2-5-12-7-9/h4,6,9,12H,2-3,5,7H2,1H3,(H,13,14)/t9-/m1/s1. The van der Waals surface area contributed by atoms with Crippen molar-refractivity contribution in [2.45, 2.75) is 25.8 Å². The molecule has 2 N–H and O–H groups in total. The normalized spacial score (nSPS) is 21.3. The maximum atomic E-state index is 11.8. The van der Waals surface area contributed by atoms with Crippen molar-refractivity contribution in [3.63, 3.8) is 0 Å². The Balaban J connectivity index is 1.94. The summed E-state index contributed by atoms with van der Waals surface area (Å²) in [5.41, 5.74) is 0.639. The maximum Gasteiger partial charge on any atom is 0.255 e. The second-order valence-corrected chi connectivity index (χ2v) is 3.91. The van der Waals surface area contributed by atoms with Crippen LogP contribution in [0.25, 0.3) is 0 Å². The molecule has 0 spiro atoms. The Morgan fingerprint density at radius 1 is 1.67 bits per heavy atom. The summed E-state index contributed by atoms with van der Waals surface area (Å²) in [4.78, 5) is 11.8. The molecule has 82 valence electrons. The van der Waals surface area contributed by atoms with Crippen LogP contribution in [0.3, 0.4) is 0 Å². The molecule has 2 rings (SSSR count). The summed E-state index contributed by atoms with van der Waals surface area (Å²) in [6.45, 7) is 3.72. The van der Waals surface area contributed by atoms with Crippen LogP contribution in [0, 0.1) is 6.92 Å². The first-order valence-electron chi connectivity index (χ1n) is 5.33. The van der Waals surface area contributed by atoms with E-state index < -0.39 is 0 Å². The monoisotopic (exact) mass is 208 g/mol. The van der Waals surface area contributed by atoms with Gasteiger partial charge in [-0.05, 0) is 32.4 Å². The van der Waals surface area contributed by atoms with Crippen LogP contribution >= 0.6 is 0 Å². The molecule has 1 saturated heterocycles. The van der Waals surface area contributed by atoms with Crippen LogP contribution < -0.4 is 10.6 Å². The summed E-state index contributed by atoms with van der Waals surface area (Å²) in [7, 11) is 0. The Bertz CT molecular complexity index is 340. The van der Waals surface area contributed by atoms with Gasteiger partial charge in [-0.1, -0.05) is 0 Å². The Morgan fingerprint density at radius 3 is 3.13 bits per heavy atom. The molecule has 0 bridgehead atoms. The van der Waals surface area contributed by atoms with Gasteiger partial charge in [-0.25, -0.2) is 0 Å². The third-order valence-electron chi connectivity index (χ3n) is 2.74. The largest absolute Gasteiger partial charge is 0.469 e. The lowest BCUT2D eigenvalue weighted by Crippen LogP contribution is -2.45. The van der Waals surface area contributed by atoms with Crippen molar-refractivity contribution in [2.24, 2.45) is 0 Å². The summed E-state index contributed by atoms with van der Waals surface area (Å²) in [5.74, 6) is 0.645. The van der Waals surface area contributed by atoms with Crippen molar-refractivity contribution in [1.29, 1.82) is 0 Å². The van der Waals surface area contributed by atoms with Crippen LogP contribution in [0.15, 0.2) is 16.7 Å². The third-order valence-corrected chi connectivity index (χ3v) is 2.74. The van der Waals surface area contributed by atoms with Gasteiger partial charge in [0.25, 0.3) is 5.91 Å². The van der Waals surface area contributed by atoms with Crippen molar-refractivity contribution in [1.82, 2.24) is 10.6 Å². The smallest absolute Gasteiger partial charge is 0.255 e. The number of nitrogens with one attached hydrogen (secondary N) is 2. The van der Waals surface area contributed by atoms with E-state index in [2.05, 4.69) is 10.6 Å². The number of furan rings is 1. The van der Waals surface area contributed by atoms with Crippen molar-refractivity contribution in [3.8, 4) is 0 Å². The molecule has 4 heteroatoms. The van der Waals surface area contributed by atoms with Crippen LogP contribution in [0.2, 0.25) is 0 Å². The Hall–Kier alpha value is -1.29. The Morgan fingerprint density at radius 2 is 2.53 bits per heavy atom. The highest BCUT2D eigenvalue weighted by Crippen LogP contribution is 2.09. The van der Waals surface area contributed by atoms with Gasteiger partial charge in [0.05, 0.1) is 11.8 Å². The maximum absolute atomic E-state index is 11.8. The quantitative estimate of drug-likeness (QED) is 0.764. The fourth-order valence-electron chi connectivity index (χ4n) is 1.86. The fourth-order valence-corrected chi connectivity index (χ4v) is 1.86. The lowest BCUT2D eigenvalue weighted by Gasteiger charge is -2.23. The molecule has 1 aromatic heterocycles. The first-order chi connectivity index (χ1) is 7.27. The van der Waals surface area contributed by atoms with Gasteiger partial charge in [0.2, 0.25) is 0 Å². The van der Waals surface area contributed by atoms with E-state index in [0.29, 0.717) is 11.3 Å². The topological polar surface area (TPSA) is 54.3 Å². The first kappa shape index (κ1) is 10.2. The number of amides is 1. The molecule has 1 fully saturated rings. The van der Waals surface area contributed by atoms with E-state index in [9.17, 15) is 4.79 Å². The number of carbonyl (C=O) groups excluding carboxylic acids is 1. The van der Waals surface area contributed by atoms with Crippen LogP contribution in [0.4, 0.5) is 0 Å². The van der Waals surface area contributed by atoms with Crippen molar-refractivity contribution >= 4 is 5.91 Å². The van der Waals surface area contributed by atoms with Crippen LogP contribution in [0.5, 0.6) is 0 Å². The number of aryl methyl sites for hydroxylation is 1. The van der Waals surface area contributed by atoms with Gasteiger partial charge in [0.1, 0.15) is 5.76 Å². The molecule has 4 nitrogen and oxygen atoms in total. The second-order valence-electron chi connectivity index (χ2n) is 3.91. The number of hydrogen-bond acceptors (Lipinski definition) is 3. The molecule has 0 saturated carbocycles. The van der Waals surface area contributed by atoms with Gasteiger partial charge in [-0.2, -0.15) is 0 Å². The predicted octanol–water partition coefficient (Wildman–Crippen LogP) is 1.07. The summed E-state index contributed by atoms with van der Waals surface area (Å²) >= 11 is 0. The van der Waals surface area contributed by atoms with E-state index in [1.54, 1.807) is 19.3 Å². The van der Waals surface area contributed by atoms with E-state index >= 15 is 0 Å². The van der Waals surface area contributed by atoms with E-state index in [-0.39, 0.29) is 11.9 Å². The molecular weight excluding hydrogens is 192 g/mol. The minimum Gasteiger partial charge on any atom is -0.469 e. The highest BCUT2D eigenvalue weighted by Gasteiger charge is 2.18. The highest BCUT2D eigenvalue weighted by atomic mass is 16.3. The molecule has 0 aromatic carbocycles. The van der Waals surface area contributed by atoms with Gasteiger partial charge in [-0.15, -0.1) is 0 Å². The third kappa shape index (κ3) is 2.39. The van der Waals surface area contributed by atoms with E-state index in [4.69, 9.17) is 4.42 Å². The van der Waals surface area contributed by atoms with Crippen LogP contribution in [-0.2, 0) is 0 Å². The molecule has 1 amide bonds.